The topological polar surface area (TPSA) is 0 Å². The quantitative estimate of drug-likeness (QED) is 0.390. The Morgan fingerprint density at radius 3 is 2.50 bits per heavy atom. The Kier molecular flexibility index (Phi) is 8.64. The number of hydrogen-bond acceptors (Lipinski definition) is 0. The van der Waals surface area contributed by atoms with Gasteiger partial charge >= 0.3 is 0 Å². The van der Waals surface area contributed by atoms with E-state index in [1.807, 2.05) is 0 Å². The van der Waals surface area contributed by atoms with Crippen molar-refractivity contribution in [2.75, 3.05) is 6.67 Å². The number of aryl methyl sites for hydroxylation is 2. The second-order valence-electron chi connectivity index (χ2n) is 4.88. The SMILES string of the molecule is CCCCCCCc1ccc(I)c(CCCF)c1. The van der Waals surface area contributed by atoms with Crippen molar-refractivity contribution in [3.8, 4) is 0 Å². The van der Waals surface area contributed by atoms with E-state index in [1.165, 1.54) is 53.2 Å². The van der Waals surface area contributed by atoms with Crippen LogP contribution in [-0.4, -0.2) is 6.67 Å². The molecular formula is C16H24FI. The molecule has 0 aromatic heterocycles. The Morgan fingerprint density at radius 2 is 1.78 bits per heavy atom. The Labute approximate surface area is 125 Å². The first-order valence-corrected chi connectivity index (χ1v) is 8.19. The maximum Gasteiger partial charge on any atom is 0.0897 e. The maximum atomic E-state index is 12.2. The highest BCUT2D eigenvalue weighted by molar-refractivity contribution is 14.1. The second kappa shape index (κ2) is 9.76. The molecule has 0 fully saturated rings. The van der Waals surface area contributed by atoms with Crippen molar-refractivity contribution in [3.63, 3.8) is 0 Å². The van der Waals surface area contributed by atoms with Gasteiger partial charge in [0.05, 0.1) is 6.67 Å². The van der Waals surface area contributed by atoms with E-state index in [1.54, 1.807) is 0 Å². The summed E-state index contributed by atoms with van der Waals surface area (Å²) in [5.41, 5.74) is 2.74. The van der Waals surface area contributed by atoms with Crippen molar-refractivity contribution in [2.45, 2.75) is 58.3 Å². The van der Waals surface area contributed by atoms with Gasteiger partial charge in [-0.1, -0.05) is 44.7 Å². The monoisotopic (exact) mass is 362 g/mol. The number of hydrogen-bond donors (Lipinski definition) is 0. The fourth-order valence-electron chi connectivity index (χ4n) is 2.17. The van der Waals surface area contributed by atoms with Crippen LogP contribution in [0, 0.1) is 3.57 Å². The molecular weight excluding hydrogens is 338 g/mol. The standard InChI is InChI=1S/C16H24FI/c1-2-3-4-5-6-8-14-10-11-16(18)15(13-14)9-7-12-17/h10-11,13H,2-9,12H2,1H3. The lowest BCUT2D eigenvalue weighted by Gasteiger charge is -2.07. The van der Waals surface area contributed by atoms with E-state index in [4.69, 9.17) is 0 Å². The van der Waals surface area contributed by atoms with Gasteiger partial charge < -0.3 is 0 Å². The fourth-order valence-corrected chi connectivity index (χ4v) is 2.77. The number of rotatable bonds is 9. The number of alkyl halides is 1. The first-order valence-electron chi connectivity index (χ1n) is 7.11. The van der Waals surface area contributed by atoms with Crippen LogP contribution < -0.4 is 0 Å². The summed E-state index contributed by atoms with van der Waals surface area (Å²) in [6.07, 6.45) is 9.32. The van der Waals surface area contributed by atoms with Crippen LogP contribution in [0.3, 0.4) is 0 Å². The smallest absolute Gasteiger partial charge is 0.0897 e. The second-order valence-corrected chi connectivity index (χ2v) is 6.04. The van der Waals surface area contributed by atoms with Crippen LogP contribution in [0.1, 0.15) is 56.6 Å². The normalized spacial score (nSPS) is 10.8. The van der Waals surface area contributed by atoms with E-state index in [0.29, 0.717) is 6.42 Å². The van der Waals surface area contributed by atoms with Gasteiger partial charge in [0.1, 0.15) is 0 Å². The summed E-state index contributed by atoms with van der Waals surface area (Å²) in [5.74, 6) is 0. The molecule has 1 rings (SSSR count). The number of unbranched alkanes of at least 4 members (excludes halogenated alkanes) is 4. The van der Waals surface area contributed by atoms with Crippen molar-refractivity contribution in [1.29, 1.82) is 0 Å². The Bertz CT molecular complexity index is 336. The van der Waals surface area contributed by atoms with Gasteiger partial charge in [-0.25, -0.2) is 0 Å². The van der Waals surface area contributed by atoms with Crippen LogP contribution in [0.2, 0.25) is 0 Å². The Balaban J connectivity index is 2.40. The van der Waals surface area contributed by atoms with Gasteiger partial charge in [0.2, 0.25) is 0 Å². The molecule has 0 radical (unpaired) electrons. The molecule has 0 amide bonds. The van der Waals surface area contributed by atoms with Gasteiger partial charge in [-0.15, -0.1) is 0 Å². The zero-order valence-corrected chi connectivity index (χ0v) is 13.5. The van der Waals surface area contributed by atoms with E-state index in [0.717, 1.165) is 6.42 Å². The van der Waals surface area contributed by atoms with E-state index < -0.39 is 0 Å². The molecule has 0 unspecified atom stereocenters. The minimum absolute atomic E-state index is 0.211. The van der Waals surface area contributed by atoms with Crippen LogP contribution in [-0.2, 0) is 12.8 Å². The Hall–Kier alpha value is -0.120. The first-order chi connectivity index (χ1) is 8.77. The van der Waals surface area contributed by atoms with E-state index in [9.17, 15) is 4.39 Å². The van der Waals surface area contributed by atoms with Crippen molar-refractivity contribution < 1.29 is 4.39 Å². The van der Waals surface area contributed by atoms with Crippen LogP contribution in [0.5, 0.6) is 0 Å². The average molecular weight is 362 g/mol. The number of halogens is 2. The van der Waals surface area contributed by atoms with Crippen LogP contribution >= 0.6 is 22.6 Å². The summed E-state index contributed by atoms with van der Waals surface area (Å²) in [7, 11) is 0. The first kappa shape index (κ1) is 15.9. The molecule has 1 aromatic rings. The molecule has 102 valence electrons. The average Bonchev–Trinajstić information content (AvgIpc) is 2.39. The molecule has 0 nitrogen and oxygen atoms in total. The molecule has 0 N–H and O–H groups in total. The van der Waals surface area contributed by atoms with Gasteiger partial charge in [-0.05, 0) is 65.5 Å². The molecule has 0 bridgehead atoms. The van der Waals surface area contributed by atoms with Crippen molar-refractivity contribution in [3.05, 3.63) is 32.9 Å². The van der Waals surface area contributed by atoms with Gasteiger partial charge in [-0.3, -0.25) is 4.39 Å². The third-order valence-corrected chi connectivity index (χ3v) is 4.31. The lowest BCUT2D eigenvalue weighted by Crippen LogP contribution is -1.94. The summed E-state index contributed by atoms with van der Waals surface area (Å²) in [6.45, 7) is 2.04. The summed E-state index contributed by atoms with van der Waals surface area (Å²) < 4.78 is 13.5. The van der Waals surface area contributed by atoms with Gasteiger partial charge in [0.25, 0.3) is 0 Å². The molecule has 0 saturated carbocycles. The molecule has 0 aliphatic heterocycles. The predicted molar refractivity (Wildman–Crippen MR) is 85.9 cm³/mol. The Morgan fingerprint density at radius 1 is 1.00 bits per heavy atom. The predicted octanol–water partition coefficient (Wildman–Crippen LogP) is 5.71. The zero-order valence-electron chi connectivity index (χ0n) is 11.4. The van der Waals surface area contributed by atoms with Gasteiger partial charge in [0, 0.05) is 3.57 Å². The minimum atomic E-state index is -0.211. The highest BCUT2D eigenvalue weighted by Gasteiger charge is 2.02. The highest BCUT2D eigenvalue weighted by atomic mass is 127. The fraction of sp³-hybridized carbons (Fsp3) is 0.625. The van der Waals surface area contributed by atoms with E-state index in [-0.39, 0.29) is 6.67 Å². The summed E-state index contributed by atoms with van der Waals surface area (Å²) >= 11 is 2.35. The molecule has 1 aromatic carbocycles. The summed E-state index contributed by atoms with van der Waals surface area (Å²) in [5, 5.41) is 0. The highest BCUT2D eigenvalue weighted by Crippen LogP contribution is 2.18. The summed E-state index contributed by atoms with van der Waals surface area (Å²) in [4.78, 5) is 0. The van der Waals surface area contributed by atoms with Crippen LogP contribution in [0.25, 0.3) is 0 Å². The molecule has 0 aliphatic carbocycles. The van der Waals surface area contributed by atoms with Crippen molar-refractivity contribution >= 4 is 22.6 Å². The summed E-state index contributed by atoms with van der Waals surface area (Å²) in [6, 6.07) is 6.67. The van der Waals surface area contributed by atoms with Crippen LogP contribution in [0.4, 0.5) is 4.39 Å². The van der Waals surface area contributed by atoms with Gasteiger partial charge in [-0.2, -0.15) is 0 Å². The zero-order chi connectivity index (χ0) is 13.2. The van der Waals surface area contributed by atoms with Gasteiger partial charge in [0.15, 0.2) is 0 Å². The molecule has 0 heterocycles. The third kappa shape index (κ3) is 6.17. The molecule has 18 heavy (non-hydrogen) atoms. The van der Waals surface area contributed by atoms with E-state index >= 15 is 0 Å². The molecule has 2 heteroatoms. The van der Waals surface area contributed by atoms with Crippen molar-refractivity contribution in [1.82, 2.24) is 0 Å². The molecule has 0 saturated heterocycles. The largest absolute Gasteiger partial charge is 0.251 e. The minimum Gasteiger partial charge on any atom is -0.251 e. The van der Waals surface area contributed by atoms with Crippen LogP contribution in [0.15, 0.2) is 18.2 Å². The lowest BCUT2D eigenvalue weighted by molar-refractivity contribution is 0.472. The molecule has 0 aliphatic rings. The van der Waals surface area contributed by atoms with Crippen molar-refractivity contribution in [2.24, 2.45) is 0 Å². The number of benzene rings is 1. The third-order valence-electron chi connectivity index (χ3n) is 3.26. The lowest BCUT2D eigenvalue weighted by atomic mass is 10.0. The maximum absolute atomic E-state index is 12.2. The molecule has 0 spiro atoms. The van der Waals surface area contributed by atoms with E-state index in [2.05, 4.69) is 47.7 Å². The molecule has 0 atom stereocenters.